The fraction of sp³-hybridized carbons (Fsp3) is 0.348. The second-order valence-corrected chi connectivity index (χ2v) is 7.32. The summed E-state index contributed by atoms with van der Waals surface area (Å²) in [5.74, 6) is 1.35. The Balaban J connectivity index is 1.79. The summed E-state index contributed by atoms with van der Waals surface area (Å²) in [5.41, 5.74) is 8.59. The molecule has 0 saturated heterocycles. The molecule has 3 rings (SSSR count). The molecular formula is C23H28N4O4. The van der Waals surface area contributed by atoms with Crippen LogP contribution in [0, 0.1) is 5.92 Å². The molecule has 8 nitrogen and oxygen atoms in total. The van der Waals surface area contributed by atoms with Gasteiger partial charge in [-0.1, -0.05) is 19.1 Å². The molecule has 0 aromatic heterocycles. The summed E-state index contributed by atoms with van der Waals surface area (Å²) in [5, 5.41) is 8.80. The van der Waals surface area contributed by atoms with Crippen molar-refractivity contribution in [2.75, 3.05) is 26.1 Å². The normalized spacial score (nSPS) is 16.0. The summed E-state index contributed by atoms with van der Waals surface area (Å²) in [6.07, 6.45) is 1.88. The lowest BCUT2D eigenvalue weighted by Gasteiger charge is -2.29. The molecule has 0 bridgehead atoms. The van der Waals surface area contributed by atoms with Crippen molar-refractivity contribution in [1.82, 2.24) is 5.01 Å². The van der Waals surface area contributed by atoms with Crippen molar-refractivity contribution in [2.24, 2.45) is 16.8 Å². The third kappa shape index (κ3) is 5.33. The number of ether oxygens (including phenoxy) is 2. The molecule has 1 aliphatic rings. The summed E-state index contributed by atoms with van der Waals surface area (Å²) in [6, 6.07) is 12.5. The third-order valence-electron chi connectivity index (χ3n) is 5.33. The molecule has 3 amide bonds. The minimum atomic E-state index is -0.603. The summed E-state index contributed by atoms with van der Waals surface area (Å²) >= 11 is 0. The van der Waals surface area contributed by atoms with Gasteiger partial charge in [-0.15, -0.1) is 0 Å². The van der Waals surface area contributed by atoms with Gasteiger partial charge < -0.3 is 20.5 Å². The number of carbonyl (C=O) groups excluding carboxylic acids is 2. The first kappa shape index (κ1) is 22.1. The van der Waals surface area contributed by atoms with E-state index in [2.05, 4.69) is 12.2 Å². The highest BCUT2D eigenvalue weighted by atomic mass is 16.5. The summed E-state index contributed by atoms with van der Waals surface area (Å²) in [4.78, 5) is 23.6. The van der Waals surface area contributed by atoms with Crippen LogP contribution in [0.25, 0.3) is 0 Å². The number of hydrazone groups is 1. The SMILES string of the molecule is CCC1CC(=O)N(CCc2ccc(NC(N)=O)cc2)N=C1c1ccc(OC)c(OC)c1. The van der Waals surface area contributed by atoms with Crippen molar-refractivity contribution in [3.8, 4) is 11.5 Å². The third-order valence-corrected chi connectivity index (χ3v) is 5.33. The zero-order chi connectivity index (χ0) is 22.4. The lowest BCUT2D eigenvalue weighted by atomic mass is 9.89. The monoisotopic (exact) mass is 424 g/mol. The van der Waals surface area contributed by atoms with E-state index in [-0.39, 0.29) is 11.8 Å². The number of hydrogen-bond donors (Lipinski definition) is 2. The number of rotatable bonds is 8. The Morgan fingerprint density at radius 3 is 2.48 bits per heavy atom. The topological polar surface area (TPSA) is 106 Å². The highest BCUT2D eigenvalue weighted by Crippen LogP contribution is 2.31. The first-order valence-electron chi connectivity index (χ1n) is 10.2. The van der Waals surface area contributed by atoms with Gasteiger partial charge in [-0.3, -0.25) is 4.79 Å². The molecule has 8 heteroatoms. The average Bonchev–Trinajstić information content (AvgIpc) is 2.78. The Kier molecular flexibility index (Phi) is 7.12. The predicted octanol–water partition coefficient (Wildman–Crippen LogP) is 3.40. The molecule has 2 aromatic carbocycles. The van der Waals surface area contributed by atoms with E-state index in [1.165, 1.54) is 0 Å². The van der Waals surface area contributed by atoms with Crippen molar-refractivity contribution in [3.05, 3.63) is 53.6 Å². The maximum atomic E-state index is 12.7. The Hall–Kier alpha value is -3.55. The molecule has 0 radical (unpaired) electrons. The van der Waals surface area contributed by atoms with E-state index < -0.39 is 6.03 Å². The van der Waals surface area contributed by atoms with Crippen LogP contribution in [0.2, 0.25) is 0 Å². The molecule has 3 N–H and O–H groups in total. The molecule has 1 atom stereocenters. The van der Waals surface area contributed by atoms with E-state index >= 15 is 0 Å². The number of urea groups is 1. The second-order valence-electron chi connectivity index (χ2n) is 7.32. The van der Waals surface area contributed by atoms with Crippen molar-refractivity contribution in [1.29, 1.82) is 0 Å². The number of carbonyl (C=O) groups is 2. The van der Waals surface area contributed by atoms with E-state index in [0.717, 1.165) is 23.3 Å². The van der Waals surface area contributed by atoms with Gasteiger partial charge in [-0.05, 0) is 48.7 Å². The Morgan fingerprint density at radius 1 is 1.16 bits per heavy atom. The Labute approximate surface area is 182 Å². The quantitative estimate of drug-likeness (QED) is 0.677. The van der Waals surface area contributed by atoms with Gasteiger partial charge in [0, 0.05) is 30.1 Å². The van der Waals surface area contributed by atoms with Crippen molar-refractivity contribution >= 4 is 23.3 Å². The van der Waals surface area contributed by atoms with E-state index in [9.17, 15) is 9.59 Å². The molecule has 1 unspecified atom stereocenters. The van der Waals surface area contributed by atoms with Crippen molar-refractivity contribution < 1.29 is 19.1 Å². The number of primary amides is 1. The number of anilines is 1. The Bertz CT molecular complexity index is 972. The molecule has 1 heterocycles. The van der Waals surface area contributed by atoms with Crippen LogP contribution >= 0.6 is 0 Å². The number of benzene rings is 2. The molecule has 2 aromatic rings. The molecule has 31 heavy (non-hydrogen) atoms. The molecule has 0 fully saturated rings. The van der Waals surface area contributed by atoms with E-state index in [4.69, 9.17) is 20.3 Å². The minimum absolute atomic E-state index is 0.0168. The minimum Gasteiger partial charge on any atom is -0.493 e. The van der Waals surface area contributed by atoms with E-state index in [1.807, 2.05) is 30.3 Å². The Morgan fingerprint density at radius 2 is 1.87 bits per heavy atom. The number of amides is 3. The second kappa shape index (κ2) is 9.97. The molecular weight excluding hydrogens is 396 g/mol. The zero-order valence-corrected chi connectivity index (χ0v) is 18.1. The summed E-state index contributed by atoms with van der Waals surface area (Å²) in [7, 11) is 3.20. The maximum absolute atomic E-state index is 12.7. The van der Waals surface area contributed by atoms with Crippen LogP contribution in [0.1, 0.15) is 30.9 Å². The number of hydrogen-bond acceptors (Lipinski definition) is 5. The maximum Gasteiger partial charge on any atom is 0.316 e. The number of nitrogens with two attached hydrogens (primary N) is 1. The fourth-order valence-corrected chi connectivity index (χ4v) is 3.61. The first-order chi connectivity index (χ1) is 14.9. The van der Waals surface area contributed by atoms with E-state index in [0.29, 0.717) is 36.6 Å². The molecule has 1 aliphatic heterocycles. The van der Waals surface area contributed by atoms with Gasteiger partial charge in [-0.2, -0.15) is 5.10 Å². The highest BCUT2D eigenvalue weighted by molar-refractivity contribution is 6.06. The summed E-state index contributed by atoms with van der Waals surface area (Å²) < 4.78 is 10.8. The van der Waals surface area contributed by atoms with Gasteiger partial charge in [-0.25, -0.2) is 9.80 Å². The van der Waals surface area contributed by atoms with Gasteiger partial charge in [0.2, 0.25) is 5.91 Å². The number of methoxy groups -OCH3 is 2. The van der Waals surface area contributed by atoms with Crippen LogP contribution in [0.15, 0.2) is 47.6 Å². The standard InChI is InChI=1S/C23H28N4O4/c1-4-16-14-21(28)27(12-11-15-5-8-18(9-6-15)25-23(24)29)26-22(16)17-7-10-19(30-2)20(13-17)31-3/h5-10,13,16H,4,11-12,14H2,1-3H3,(H3,24,25,29). The van der Waals surface area contributed by atoms with E-state index in [1.54, 1.807) is 31.4 Å². The van der Waals surface area contributed by atoms with Crippen LogP contribution in [0.3, 0.4) is 0 Å². The molecule has 0 saturated carbocycles. The fourth-order valence-electron chi connectivity index (χ4n) is 3.61. The zero-order valence-electron chi connectivity index (χ0n) is 18.1. The van der Waals surface area contributed by atoms with Crippen LogP contribution in [0.4, 0.5) is 10.5 Å². The predicted molar refractivity (Wildman–Crippen MR) is 120 cm³/mol. The number of nitrogens with zero attached hydrogens (tertiary/aromatic N) is 2. The van der Waals surface area contributed by atoms with Crippen molar-refractivity contribution in [3.63, 3.8) is 0 Å². The van der Waals surface area contributed by atoms with Gasteiger partial charge >= 0.3 is 6.03 Å². The van der Waals surface area contributed by atoms with Crippen LogP contribution in [-0.2, 0) is 11.2 Å². The largest absolute Gasteiger partial charge is 0.493 e. The number of nitrogens with one attached hydrogen (secondary N) is 1. The van der Waals surface area contributed by atoms with Crippen LogP contribution in [0.5, 0.6) is 11.5 Å². The van der Waals surface area contributed by atoms with Gasteiger partial charge in [0.15, 0.2) is 11.5 Å². The average molecular weight is 425 g/mol. The van der Waals surface area contributed by atoms with Crippen LogP contribution < -0.4 is 20.5 Å². The van der Waals surface area contributed by atoms with Gasteiger partial charge in [0.25, 0.3) is 0 Å². The highest BCUT2D eigenvalue weighted by Gasteiger charge is 2.29. The van der Waals surface area contributed by atoms with Gasteiger partial charge in [0.1, 0.15) is 0 Å². The molecule has 164 valence electrons. The summed E-state index contributed by atoms with van der Waals surface area (Å²) in [6.45, 7) is 2.53. The lowest BCUT2D eigenvalue weighted by Crippen LogP contribution is -2.38. The lowest BCUT2D eigenvalue weighted by molar-refractivity contribution is -0.132. The molecule has 0 aliphatic carbocycles. The molecule has 0 spiro atoms. The smallest absolute Gasteiger partial charge is 0.316 e. The van der Waals surface area contributed by atoms with Crippen molar-refractivity contribution in [2.45, 2.75) is 26.2 Å². The van der Waals surface area contributed by atoms with Gasteiger partial charge in [0.05, 0.1) is 19.9 Å². The first-order valence-corrected chi connectivity index (χ1v) is 10.2. The van der Waals surface area contributed by atoms with Crippen LogP contribution in [-0.4, -0.2) is 43.4 Å².